The van der Waals surface area contributed by atoms with Gasteiger partial charge in [0.1, 0.15) is 5.82 Å². The monoisotopic (exact) mass is 347 g/mol. The molecule has 0 unspecified atom stereocenters. The van der Waals surface area contributed by atoms with Gasteiger partial charge < -0.3 is 14.8 Å². The highest BCUT2D eigenvalue weighted by Crippen LogP contribution is 2.33. The average Bonchev–Trinajstić information content (AvgIpc) is 3.15. The van der Waals surface area contributed by atoms with Crippen molar-refractivity contribution in [3.05, 3.63) is 48.4 Å². The van der Waals surface area contributed by atoms with Crippen LogP contribution in [-0.2, 0) is 6.18 Å². The summed E-state index contributed by atoms with van der Waals surface area (Å²) in [5.41, 5.74) is -0.639. The van der Waals surface area contributed by atoms with Gasteiger partial charge in [-0.3, -0.25) is 0 Å². The second kappa shape index (κ2) is 5.94. The Morgan fingerprint density at radius 2 is 1.68 bits per heavy atom. The predicted octanol–water partition coefficient (Wildman–Crippen LogP) is 3.30. The molecular formula is C17H16F3N5. The molecule has 0 spiro atoms. The van der Waals surface area contributed by atoms with Crippen LogP contribution >= 0.6 is 0 Å². The number of anilines is 2. The lowest BCUT2D eigenvalue weighted by Crippen LogP contribution is -2.47. The maximum atomic E-state index is 12.9. The summed E-state index contributed by atoms with van der Waals surface area (Å²) in [6.45, 7) is 3.00. The molecule has 3 heterocycles. The van der Waals surface area contributed by atoms with E-state index in [1.807, 2.05) is 0 Å². The van der Waals surface area contributed by atoms with Gasteiger partial charge in [-0.25, -0.2) is 9.97 Å². The fourth-order valence-corrected chi connectivity index (χ4v) is 3.15. The number of hydrogen-bond acceptors (Lipinski definition) is 4. The summed E-state index contributed by atoms with van der Waals surface area (Å²) in [7, 11) is 0. The van der Waals surface area contributed by atoms with Crippen molar-refractivity contribution < 1.29 is 13.2 Å². The van der Waals surface area contributed by atoms with E-state index in [-0.39, 0.29) is 0 Å². The summed E-state index contributed by atoms with van der Waals surface area (Å²) in [4.78, 5) is 16.0. The fourth-order valence-electron chi connectivity index (χ4n) is 3.15. The first-order valence-electron chi connectivity index (χ1n) is 7.97. The first kappa shape index (κ1) is 15.7. The van der Waals surface area contributed by atoms with Gasteiger partial charge in [0.05, 0.1) is 5.56 Å². The maximum absolute atomic E-state index is 12.9. The van der Waals surface area contributed by atoms with Crippen LogP contribution in [-0.4, -0.2) is 41.1 Å². The van der Waals surface area contributed by atoms with E-state index >= 15 is 0 Å². The molecule has 130 valence electrons. The van der Waals surface area contributed by atoms with Crippen LogP contribution in [0, 0.1) is 0 Å². The van der Waals surface area contributed by atoms with Crippen LogP contribution in [0.25, 0.3) is 10.8 Å². The summed E-state index contributed by atoms with van der Waals surface area (Å²) in [5, 5.41) is 1.29. The number of hydrogen-bond donors (Lipinski definition) is 1. The van der Waals surface area contributed by atoms with Crippen LogP contribution < -0.4 is 9.80 Å². The van der Waals surface area contributed by atoms with Gasteiger partial charge in [0.25, 0.3) is 0 Å². The SMILES string of the molecule is FC(F)(F)c1ccc2c(N3CCN(c4ncc[nH]4)CC3)nccc2c1. The number of fused-ring (bicyclic) bond motifs is 1. The largest absolute Gasteiger partial charge is 0.416 e. The third-order valence-corrected chi connectivity index (χ3v) is 4.43. The molecule has 1 aliphatic heterocycles. The van der Waals surface area contributed by atoms with Crippen molar-refractivity contribution in [2.75, 3.05) is 36.0 Å². The number of nitrogens with zero attached hydrogens (tertiary/aromatic N) is 4. The highest BCUT2D eigenvalue weighted by Gasteiger charge is 2.30. The summed E-state index contributed by atoms with van der Waals surface area (Å²) in [6, 6.07) is 5.43. The Hall–Kier alpha value is -2.77. The van der Waals surface area contributed by atoms with Crippen molar-refractivity contribution in [1.29, 1.82) is 0 Å². The van der Waals surface area contributed by atoms with E-state index in [0.717, 1.165) is 49.4 Å². The molecule has 0 radical (unpaired) electrons. The Morgan fingerprint density at radius 1 is 0.920 bits per heavy atom. The minimum atomic E-state index is -4.34. The van der Waals surface area contributed by atoms with Gasteiger partial charge in [-0.2, -0.15) is 13.2 Å². The van der Waals surface area contributed by atoms with Crippen molar-refractivity contribution in [3.63, 3.8) is 0 Å². The molecule has 2 aromatic heterocycles. The molecule has 0 atom stereocenters. The van der Waals surface area contributed by atoms with Crippen LogP contribution in [0.15, 0.2) is 42.9 Å². The number of alkyl halides is 3. The van der Waals surface area contributed by atoms with Crippen molar-refractivity contribution in [1.82, 2.24) is 15.0 Å². The number of aromatic nitrogens is 3. The van der Waals surface area contributed by atoms with Gasteiger partial charge in [0.15, 0.2) is 0 Å². The predicted molar refractivity (Wildman–Crippen MR) is 89.8 cm³/mol. The number of halogens is 3. The summed E-state index contributed by atoms with van der Waals surface area (Å²) in [5.74, 6) is 1.56. The van der Waals surface area contributed by atoms with Gasteiger partial charge in [0, 0.05) is 50.2 Å². The Labute approximate surface area is 142 Å². The number of benzene rings is 1. The van der Waals surface area contributed by atoms with E-state index in [4.69, 9.17) is 0 Å². The van der Waals surface area contributed by atoms with Gasteiger partial charge in [-0.15, -0.1) is 0 Å². The number of H-pyrrole nitrogens is 1. The first-order chi connectivity index (χ1) is 12.0. The van der Waals surface area contributed by atoms with E-state index in [0.29, 0.717) is 5.39 Å². The number of pyridine rings is 1. The third-order valence-electron chi connectivity index (χ3n) is 4.43. The molecule has 8 heteroatoms. The zero-order valence-corrected chi connectivity index (χ0v) is 13.3. The van der Waals surface area contributed by atoms with Crippen molar-refractivity contribution in [2.24, 2.45) is 0 Å². The van der Waals surface area contributed by atoms with E-state index in [2.05, 4.69) is 24.8 Å². The molecule has 1 aliphatic rings. The van der Waals surface area contributed by atoms with Crippen LogP contribution in [0.5, 0.6) is 0 Å². The summed E-state index contributed by atoms with van der Waals surface area (Å²) in [6.07, 6.45) is 0.724. The Bertz CT molecular complexity index is 868. The smallest absolute Gasteiger partial charge is 0.353 e. The molecule has 1 fully saturated rings. The quantitative estimate of drug-likeness (QED) is 0.773. The molecule has 4 rings (SSSR count). The van der Waals surface area contributed by atoms with Crippen LogP contribution in [0.2, 0.25) is 0 Å². The van der Waals surface area contributed by atoms with E-state index < -0.39 is 11.7 Å². The molecule has 3 aromatic rings. The van der Waals surface area contributed by atoms with Gasteiger partial charge in [-0.05, 0) is 23.6 Å². The molecule has 25 heavy (non-hydrogen) atoms. The zero-order chi connectivity index (χ0) is 17.4. The van der Waals surface area contributed by atoms with Crippen molar-refractivity contribution in [2.45, 2.75) is 6.18 Å². The Morgan fingerprint density at radius 3 is 2.36 bits per heavy atom. The van der Waals surface area contributed by atoms with Crippen LogP contribution in [0.3, 0.4) is 0 Å². The first-order valence-corrected chi connectivity index (χ1v) is 7.97. The van der Waals surface area contributed by atoms with Crippen LogP contribution in [0.4, 0.5) is 24.9 Å². The highest BCUT2D eigenvalue weighted by molar-refractivity contribution is 5.92. The highest BCUT2D eigenvalue weighted by atomic mass is 19.4. The Balaban J connectivity index is 1.60. The van der Waals surface area contributed by atoms with Crippen molar-refractivity contribution in [3.8, 4) is 0 Å². The fraction of sp³-hybridized carbons (Fsp3) is 0.294. The van der Waals surface area contributed by atoms with E-state index in [1.54, 1.807) is 24.7 Å². The molecule has 5 nitrogen and oxygen atoms in total. The molecule has 1 saturated heterocycles. The van der Waals surface area contributed by atoms with Crippen LogP contribution in [0.1, 0.15) is 5.56 Å². The number of piperazine rings is 1. The number of imidazole rings is 1. The molecular weight excluding hydrogens is 331 g/mol. The summed E-state index contributed by atoms with van der Waals surface area (Å²) >= 11 is 0. The lowest BCUT2D eigenvalue weighted by Gasteiger charge is -2.35. The van der Waals surface area contributed by atoms with Gasteiger partial charge >= 0.3 is 6.18 Å². The third kappa shape index (κ3) is 2.99. The second-order valence-corrected chi connectivity index (χ2v) is 5.96. The lowest BCUT2D eigenvalue weighted by atomic mass is 10.1. The topological polar surface area (TPSA) is 48.0 Å². The molecule has 0 amide bonds. The number of rotatable bonds is 2. The van der Waals surface area contributed by atoms with Crippen molar-refractivity contribution >= 4 is 22.5 Å². The average molecular weight is 347 g/mol. The molecule has 1 N–H and O–H groups in total. The lowest BCUT2D eigenvalue weighted by molar-refractivity contribution is -0.137. The summed E-state index contributed by atoms with van der Waals surface area (Å²) < 4.78 is 38.7. The normalized spacial score (nSPS) is 15.8. The number of nitrogens with one attached hydrogen (secondary N) is 1. The standard InChI is InChI=1S/C17H16F3N5/c18-17(19,20)13-1-2-14-12(11-13)3-4-21-15(14)24-7-9-25(10-8-24)16-22-5-6-23-16/h1-6,11H,7-10H2,(H,22,23). The maximum Gasteiger partial charge on any atom is 0.416 e. The molecule has 0 bridgehead atoms. The Kier molecular flexibility index (Phi) is 3.74. The molecule has 0 saturated carbocycles. The number of aromatic amines is 1. The minimum Gasteiger partial charge on any atom is -0.353 e. The molecule has 1 aromatic carbocycles. The van der Waals surface area contributed by atoms with E-state index in [1.165, 1.54) is 12.1 Å². The molecule has 0 aliphatic carbocycles. The van der Waals surface area contributed by atoms with Gasteiger partial charge in [-0.1, -0.05) is 6.07 Å². The minimum absolute atomic E-state index is 0.549. The van der Waals surface area contributed by atoms with E-state index in [9.17, 15) is 13.2 Å². The van der Waals surface area contributed by atoms with Gasteiger partial charge in [0.2, 0.25) is 5.95 Å². The zero-order valence-electron chi connectivity index (χ0n) is 13.3. The second-order valence-electron chi connectivity index (χ2n) is 5.96.